The van der Waals surface area contributed by atoms with Gasteiger partial charge in [0.2, 0.25) is 0 Å². The molecule has 0 aliphatic carbocycles. The minimum Gasteiger partial charge on any atom is -0.489 e. The monoisotopic (exact) mass is 353 g/mol. The second kappa shape index (κ2) is 8.02. The Bertz CT molecular complexity index is 970. The fraction of sp³-hybridized carbons (Fsp3) is 0.111. The topological polar surface area (TPSA) is 92.3 Å². The summed E-state index contributed by atoms with van der Waals surface area (Å²) in [4.78, 5) is 14.9. The first kappa shape index (κ1) is 17.3. The molecule has 0 aliphatic rings. The van der Waals surface area contributed by atoms with Crippen molar-refractivity contribution < 1.29 is 9.13 Å². The SMILES string of the molecule is Cc1n[nH]c(=O)nc1NN=Cc1cccc(OCc2ccc(F)cc2)c1. The minimum absolute atomic E-state index is 0.278. The average molecular weight is 353 g/mol. The lowest BCUT2D eigenvalue weighted by Gasteiger charge is -2.07. The van der Waals surface area contributed by atoms with E-state index in [1.807, 2.05) is 24.3 Å². The first-order valence-electron chi connectivity index (χ1n) is 7.80. The minimum atomic E-state index is -0.551. The first-order chi connectivity index (χ1) is 12.6. The fourth-order valence-electron chi connectivity index (χ4n) is 2.10. The van der Waals surface area contributed by atoms with Crippen molar-refractivity contribution in [3.05, 3.63) is 81.7 Å². The second-order valence-corrected chi connectivity index (χ2v) is 5.43. The van der Waals surface area contributed by atoms with E-state index in [0.717, 1.165) is 11.1 Å². The van der Waals surface area contributed by atoms with Crippen LogP contribution in [-0.4, -0.2) is 21.4 Å². The second-order valence-electron chi connectivity index (χ2n) is 5.43. The highest BCUT2D eigenvalue weighted by atomic mass is 19.1. The van der Waals surface area contributed by atoms with Gasteiger partial charge in [-0.2, -0.15) is 15.2 Å². The molecule has 0 amide bonds. The number of H-pyrrole nitrogens is 1. The molecule has 0 radical (unpaired) electrons. The molecule has 2 aromatic carbocycles. The maximum atomic E-state index is 12.9. The van der Waals surface area contributed by atoms with Crippen LogP contribution < -0.4 is 15.9 Å². The maximum absolute atomic E-state index is 12.9. The summed E-state index contributed by atoms with van der Waals surface area (Å²) >= 11 is 0. The molecule has 3 rings (SSSR count). The van der Waals surface area contributed by atoms with E-state index in [1.54, 1.807) is 25.3 Å². The number of hydrogen-bond donors (Lipinski definition) is 2. The molecule has 3 aromatic rings. The van der Waals surface area contributed by atoms with Gasteiger partial charge < -0.3 is 4.74 Å². The quantitative estimate of drug-likeness (QED) is 0.525. The molecule has 7 nitrogen and oxygen atoms in total. The van der Waals surface area contributed by atoms with Gasteiger partial charge in [-0.15, -0.1) is 0 Å². The van der Waals surface area contributed by atoms with Crippen molar-refractivity contribution >= 4 is 12.0 Å². The number of benzene rings is 2. The molecule has 0 atom stereocenters. The number of ether oxygens (including phenoxy) is 1. The summed E-state index contributed by atoms with van der Waals surface area (Å²) < 4.78 is 18.6. The number of nitrogens with zero attached hydrogens (tertiary/aromatic N) is 3. The van der Waals surface area contributed by atoms with Crippen LogP contribution in [-0.2, 0) is 6.61 Å². The Hall–Kier alpha value is -3.55. The lowest BCUT2D eigenvalue weighted by Crippen LogP contribution is -2.15. The molecule has 0 bridgehead atoms. The van der Waals surface area contributed by atoms with Gasteiger partial charge in [0.25, 0.3) is 0 Å². The van der Waals surface area contributed by atoms with E-state index in [4.69, 9.17) is 4.74 Å². The van der Waals surface area contributed by atoms with Crippen molar-refractivity contribution in [1.82, 2.24) is 15.2 Å². The lowest BCUT2D eigenvalue weighted by molar-refractivity contribution is 0.306. The fourth-order valence-corrected chi connectivity index (χ4v) is 2.10. The maximum Gasteiger partial charge on any atom is 0.363 e. The van der Waals surface area contributed by atoms with Crippen LogP contribution in [0, 0.1) is 12.7 Å². The number of halogens is 1. The van der Waals surface area contributed by atoms with Crippen molar-refractivity contribution in [3.8, 4) is 5.75 Å². The van der Waals surface area contributed by atoms with Crippen LogP contribution in [0.5, 0.6) is 5.75 Å². The summed E-state index contributed by atoms with van der Waals surface area (Å²) in [5, 5.41) is 10.1. The first-order valence-corrected chi connectivity index (χ1v) is 7.80. The van der Waals surface area contributed by atoms with Gasteiger partial charge in [0.15, 0.2) is 5.82 Å². The Morgan fingerprint density at radius 1 is 1.27 bits per heavy atom. The molecule has 0 unspecified atom stereocenters. The number of rotatable bonds is 6. The van der Waals surface area contributed by atoms with Gasteiger partial charge in [-0.05, 0) is 42.3 Å². The summed E-state index contributed by atoms with van der Waals surface area (Å²) in [5.74, 6) is 0.666. The van der Waals surface area contributed by atoms with Crippen LogP contribution in [0.25, 0.3) is 0 Å². The predicted octanol–water partition coefficient (Wildman–Crippen LogP) is 2.64. The standard InChI is InChI=1S/C18H16FN5O2/c1-12-17(21-18(25)24-22-12)23-20-10-14-3-2-4-16(9-14)26-11-13-5-7-15(19)8-6-13/h2-10H,11H2,1H3,(H2,21,23,24,25). The van der Waals surface area contributed by atoms with Crippen LogP contribution in [0.2, 0.25) is 0 Å². The zero-order valence-corrected chi connectivity index (χ0v) is 13.9. The van der Waals surface area contributed by atoms with Crippen LogP contribution >= 0.6 is 0 Å². The Balaban J connectivity index is 1.62. The summed E-state index contributed by atoms with van der Waals surface area (Å²) in [7, 11) is 0. The van der Waals surface area contributed by atoms with Crippen LogP contribution in [0.15, 0.2) is 58.4 Å². The zero-order chi connectivity index (χ0) is 18.4. The van der Waals surface area contributed by atoms with Crippen molar-refractivity contribution in [2.24, 2.45) is 5.10 Å². The van der Waals surface area contributed by atoms with Crippen LogP contribution in [0.1, 0.15) is 16.8 Å². The van der Waals surface area contributed by atoms with Gasteiger partial charge in [-0.1, -0.05) is 24.3 Å². The Kier molecular flexibility index (Phi) is 5.33. The van der Waals surface area contributed by atoms with Crippen molar-refractivity contribution in [1.29, 1.82) is 0 Å². The molecule has 0 saturated heterocycles. The van der Waals surface area contributed by atoms with Crippen molar-refractivity contribution in [3.63, 3.8) is 0 Å². The van der Waals surface area contributed by atoms with E-state index in [2.05, 4.69) is 25.7 Å². The summed E-state index contributed by atoms with van der Waals surface area (Å²) in [6.07, 6.45) is 1.58. The Morgan fingerprint density at radius 2 is 2.08 bits per heavy atom. The Labute approximate surface area is 148 Å². The highest BCUT2D eigenvalue weighted by molar-refractivity contribution is 5.80. The summed E-state index contributed by atoms with van der Waals surface area (Å²) in [6.45, 7) is 2.03. The van der Waals surface area contributed by atoms with E-state index in [1.165, 1.54) is 12.1 Å². The zero-order valence-electron chi connectivity index (χ0n) is 13.9. The summed E-state index contributed by atoms with van der Waals surface area (Å²) in [6, 6.07) is 13.5. The molecule has 8 heteroatoms. The molecule has 132 valence electrons. The molecule has 0 fully saturated rings. The van der Waals surface area contributed by atoms with E-state index in [0.29, 0.717) is 18.1 Å². The molecule has 1 aromatic heterocycles. The van der Waals surface area contributed by atoms with Gasteiger partial charge in [-0.3, -0.25) is 5.43 Å². The number of aryl methyl sites for hydroxylation is 1. The molecule has 0 spiro atoms. The van der Waals surface area contributed by atoms with Gasteiger partial charge in [0.05, 0.1) is 6.21 Å². The van der Waals surface area contributed by atoms with Crippen LogP contribution in [0.4, 0.5) is 10.2 Å². The lowest BCUT2D eigenvalue weighted by atomic mass is 10.2. The third kappa shape index (κ3) is 4.73. The number of aromatic nitrogens is 3. The van der Waals surface area contributed by atoms with Gasteiger partial charge in [-0.25, -0.2) is 14.3 Å². The highest BCUT2D eigenvalue weighted by Gasteiger charge is 2.01. The molecule has 1 heterocycles. The van der Waals surface area contributed by atoms with Crippen LogP contribution in [0.3, 0.4) is 0 Å². The Morgan fingerprint density at radius 3 is 2.88 bits per heavy atom. The van der Waals surface area contributed by atoms with E-state index in [-0.39, 0.29) is 11.6 Å². The number of anilines is 1. The normalized spacial score (nSPS) is 10.8. The molecular weight excluding hydrogens is 337 g/mol. The van der Waals surface area contributed by atoms with Crippen molar-refractivity contribution in [2.45, 2.75) is 13.5 Å². The molecule has 26 heavy (non-hydrogen) atoms. The largest absolute Gasteiger partial charge is 0.489 e. The third-order valence-corrected chi connectivity index (χ3v) is 3.44. The number of aromatic amines is 1. The van der Waals surface area contributed by atoms with Gasteiger partial charge in [0.1, 0.15) is 23.9 Å². The number of hydrazone groups is 1. The van der Waals surface area contributed by atoms with Gasteiger partial charge in [0, 0.05) is 0 Å². The molecular formula is C18H16FN5O2. The highest BCUT2D eigenvalue weighted by Crippen LogP contribution is 2.15. The molecule has 0 saturated carbocycles. The van der Waals surface area contributed by atoms with E-state index >= 15 is 0 Å². The average Bonchev–Trinajstić information content (AvgIpc) is 2.64. The van der Waals surface area contributed by atoms with Crippen molar-refractivity contribution in [2.75, 3.05) is 5.43 Å². The third-order valence-electron chi connectivity index (χ3n) is 3.44. The van der Waals surface area contributed by atoms with E-state index in [9.17, 15) is 9.18 Å². The predicted molar refractivity (Wildman–Crippen MR) is 95.8 cm³/mol. The summed E-state index contributed by atoms with van der Waals surface area (Å²) in [5.41, 5.74) is 4.33. The van der Waals surface area contributed by atoms with Gasteiger partial charge >= 0.3 is 5.69 Å². The number of hydrogen-bond acceptors (Lipinski definition) is 6. The molecule has 0 aliphatic heterocycles. The van der Waals surface area contributed by atoms with E-state index < -0.39 is 5.69 Å². The number of nitrogens with one attached hydrogen (secondary N) is 2. The smallest absolute Gasteiger partial charge is 0.363 e. The molecule has 2 N–H and O–H groups in total.